The van der Waals surface area contributed by atoms with Crippen LogP contribution in [0.5, 0.6) is 0 Å². The first-order chi connectivity index (χ1) is 12.7. The molecule has 0 aliphatic rings. The number of benzene rings is 1. The Kier molecular flexibility index (Phi) is 5.71. The van der Waals surface area contributed by atoms with Crippen LogP contribution in [0, 0.1) is 11.3 Å². The lowest BCUT2D eigenvalue weighted by atomic mass is 10.1. The first-order valence-electron chi connectivity index (χ1n) is 8.15. The maximum absolute atomic E-state index is 9.43. The van der Waals surface area contributed by atoms with E-state index in [9.17, 15) is 5.26 Å². The van der Waals surface area contributed by atoms with Gasteiger partial charge in [-0.1, -0.05) is 18.2 Å². The molecule has 0 spiro atoms. The molecule has 0 aliphatic carbocycles. The van der Waals surface area contributed by atoms with E-state index in [2.05, 4.69) is 26.5 Å². The fourth-order valence-corrected chi connectivity index (χ4v) is 2.90. The highest BCUT2D eigenvalue weighted by Gasteiger charge is 2.16. The van der Waals surface area contributed by atoms with Crippen LogP contribution in [0.1, 0.15) is 17.7 Å². The molecule has 7 nitrogen and oxygen atoms in total. The standard InChI is InChI=1S/C18H19N7S/c1-26-17-12-21-11-16(23-17)22-9-5-8-15-14(10-19)18(20)25(24-15)13-6-3-2-4-7-13/h2-4,6-7,11-12H,5,8-9,20H2,1H3,(H,22,23). The van der Waals surface area contributed by atoms with Crippen molar-refractivity contribution < 1.29 is 0 Å². The largest absolute Gasteiger partial charge is 0.382 e. The van der Waals surface area contributed by atoms with E-state index < -0.39 is 0 Å². The van der Waals surface area contributed by atoms with Gasteiger partial charge in [0.25, 0.3) is 0 Å². The van der Waals surface area contributed by atoms with E-state index >= 15 is 0 Å². The molecule has 26 heavy (non-hydrogen) atoms. The van der Waals surface area contributed by atoms with Gasteiger partial charge in [0.15, 0.2) is 0 Å². The summed E-state index contributed by atoms with van der Waals surface area (Å²) in [6.07, 6.45) is 6.84. The molecule has 0 amide bonds. The molecule has 3 N–H and O–H groups in total. The van der Waals surface area contributed by atoms with E-state index in [1.807, 2.05) is 36.6 Å². The number of nitrogens with zero attached hydrogens (tertiary/aromatic N) is 5. The summed E-state index contributed by atoms with van der Waals surface area (Å²) in [5.74, 6) is 1.12. The molecule has 8 heteroatoms. The minimum atomic E-state index is 0.375. The third kappa shape index (κ3) is 3.95. The summed E-state index contributed by atoms with van der Waals surface area (Å²) in [6.45, 7) is 0.704. The fraction of sp³-hybridized carbons (Fsp3) is 0.222. The van der Waals surface area contributed by atoms with Crippen LogP contribution in [0.4, 0.5) is 11.6 Å². The number of aryl methyl sites for hydroxylation is 1. The maximum atomic E-state index is 9.43. The Labute approximate surface area is 156 Å². The monoisotopic (exact) mass is 365 g/mol. The molecule has 0 radical (unpaired) electrons. The molecule has 0 bridgehead atoms. The lowest BCUT2D eigenvalue weighted by Crippen LogP contribution is -2.06. The minimum Gasteiger partial charge on any atom is -0.382 e. The summed E-state index contributed by atoms with van der Waals surface area (Å²) >= 11 is 1.55. The Bertz CT molecular complexity index is 915. The topological polar surface area (TPSA) is 105 Å². The Morgan fingerprint density at radius 1 is 1.27 bits per heavy atom. The fourth-order valence-electron chi connectivity index (χ4n) is 2.55. The summed E-state index contributed by atoms with van der Waals surface area (Å²) in [4.78, 5) is 8.57. The summed E-state index contributed by atoms with van der Waals surface area (Å²) in [7, 11) is 0. The van der Waals surface area contributed by atoms with Gasteiger partial charge in [-0.2, -0.15) is 10.4 Å². The van der Waals surface area contributed by atoms with E-state index in [0.717, 1.165) is 23.0 Å². The summed E-state index contributed by atoms with van der Waals surface area (Å²) in [5.41, 5.74) is 8.11. The van der Waals surface area contributed by atoms with Gasteiger partial charge < -0.3 is 11.1 Å². The number of nitrogen functional groups attached to an aromatic ring is 1. The highest BCUT2D eigenvalue weighted by Crippen LogP contribution is 2.21. The average molecular weight is 365 g/mol. The number of hydrogen-bond donors (Lipinski definition) is 2. The van der Waals surface area contributed by atoms with Crippen molar-refractivity contribution in [1.82, 2.24) is 19.7 Å². The Morgan fingerprint density at radius 3 is 2.81 bits per heavy atom. The number of anilines is 2. The van der Waals surface area contributed by atoms with Crippen LogP contribution in [0.25, 0.3) is 5.69 Å². The Balaban J connectivity index is 1.65. The summed E-state index contributed by atoms with van der Waals surface area (Å²) < 4.78 is 1.62. The zero-order chi connectivity index (χ0) is 18.4. The van der Waals surface area contributed by atoms with E-state index in [1.54, 1.807) is 28.8 Å². The van der Waals surface area contributed by atoms with Gasteiger partial charge in [0.1, 0.15) is 28.3 Å². The molecular formula is C18H19N7S. The first kappa shape index (κ1) is 17.8. The molecule has 2 heterocycles. The molecule has 0 atom stereocenters. The molecule has 0 saturated carbocycles. The highest BCUT2D eigenvalue weighted by atomic mass is 32.2. The zero-order valence-electron chi connectivity index (χ0n) is 14.4. The van der Waals surface area contributed by atoms with Gasteiger partial charge in [0, 0.05) is 6.54 Å². The maximum Gasteiger partial charge on any atom is 0.145 e. The zero-order valence-corrected chi connectivity index (χ0v) is 15.2. The number of rotatable bonds is 7. The minimum absolute atomic E-state index is 0.375. The summed E-state index contributed by atoms with van der Waals surface area (Å²) in [6, 6.07) is 11.7. The molecule has 0 aliphatic heterocycles. The van der Waals surface area contributed by atoms with E-state index in [0.29, 0.717) is 30.0 Å². The number of nitrogens with one attached hydrogen (secondary N) is 1. The number of thioether (sulfide) groups is 1. The number of nitriles is 1. The predicted octanol–water partition coefficient (Wildman–Crippen LogP) is 2.88. The van der Waals surface area contributed by atoms with Gasteiger partial charge in [-0.15, -0.1) is 11.8 Å². The Hall–Kier alpha value is -3.05. The molecule has 0 fully saturated rings. The summed E-state index contributed by atoms with van der Waals surface area (Å²) in [5, 5.41) is 18.1. The first-order valence-corrected chi connectivity index (χ1v) is 9.38. The highest BCUT2D eigenvalue weighted by molar-refractivity contribution is 7.98. The smallest absolute Gasteiger partial charge is 0.145 e. The van der Waals surface area contributed by atoms with Crippen molar-refractivity contribution in [1.29, 1.82) is 5.26 Å². The second-order valence-corrected chi connectivity index (χ2v) is 6.37. The number of hydrogen-bond acceptors (Lipinski definition) is 7. The number of nitrogens with two attached hydrogens (primary N) is 1. The van der Waals surface area contributed by atoms with E-state index in [4.69, 9.17) is 5.73 Å². The van der Waals surface area contributed by atoms with Crippen LogP contribution >= 0.6 is 11.8 Å². The Morgan fingerprint density at radius 2 is 2.08 bits per heavy atom. The van der Waals surface area contributed by atoms with Crippen LogP contribution in [-0.4, -0.2) is 32.5 Å². The van der Waals surface area contributed by atoms with Crippen molar-refractivity contribution in [2.45, 2.75) is 17.9 Å². The second-order valence-electron chi connectivity index (χ2n) is 5.54. The van der Waals surface area contributed by atoms with Crippen molar-refractivity contribution in [3.63, 3.8) is 0 Å². The van der Waals surface area contributed by atoms with Gasteiger partial charge in [-0.05, 0) is 31.2 Å². The van der Waals surface area contributed by atoms with Crippen LogP contribution in [-0.2, 0) is 6.42 Å². The molecule has 132 valence electrons. The van der Waals surface area contributed by atoms with Crippen molar-refractivity contribution in [2.24, 2.45) is 0 Å². The molecule has 3 rings (SSSR count). The van der Waals surface area contributed by atoms with Gasteiger partial charge in [-0.3, -0.25) is 4.98 Å². The molecule has 1 aromatic carbocycles. The normalized spacial score (nSPS) is 10.5. The van der Waals surface area contributed by atoms with Crippen molar-refractivity contribution in [3.05, 3.63) is 54.0 Å². The van der Waals surface area contributed by atoms with Crippen LogP contribution in [0.2, 0.25) is 0 Å². The predicted molar refractivity (Wildman–Crippen MR) is 103 cm³/mol. The molecule has 2 aromatic heterocycles. The molecule has 3 aromatic rings. The van der Waals surface area contributed by atoms with Crippen LogP contribution < -0.4 is 11.1 Å². The van der Waals surface area contributed by atoms with E-state index in [1.165, 1.54) is 0 Å². The van der Waals surface area contributed by atoms with Crippen molar-refractivity contribution >= 4 is 23.4 Å². The SMILES string of the molecule is CSc1cncc(NCCCc2nn(-c3ccccc3)c(N)c2C#N)n1. The molecule has 0 unspecified atom stereocenters. The van der Waals surface area contributed by atoms with E-state index in [-0.39, 0.29) is 0 Å². The lowest BCUT2D eigenvalue weighted by molar-refractivity contribution is 0.788. The number of para-hydroxylation sites is 1. The third-order valence-electron chi connectivity index (χ3n) is 3.82. The van der Waals surface area contributed by atoms with Crippen molar-refractivity contribution in [3.8, 4) is 11.8 Å². The number of aromatic nitrogens is 4. The second kappa shape index (κ2) is 8.36. The van der Waals surface area contributed by atoms with Gasteiger partial charge in [0.05, 0.1) is 23.8 Å². The van der Waals surface area contributed by atoms with Gasteiger partial charge in [0.2, 0.25) is 0 Å². The quantitative estimate of drug-likeness (QED) is 0.490. The molecular weight excluding hydrogens is 346 g/mol. The van der Waals surface area contributed by atoms with Crippen molar-refractivity contribution in [2.75, 3.05) is 23.9 Å². The third-order valence-corrected chi connectivity index (χ3v) is 4.44. The van der Waals surface area contributed by atoms with Gasteiger partial charge >= 0.3 is 0 Å². The molecule has 0 saturated heterocycles. The van der Waals surface area contributed by atoms with Crippen LogP contribution in [0.3, 0.4) is 0 Å². The average Bonchev–Trinajstić information content (AvgIpc) is 3.01. The lowest BCUT2D eigenvalue weighted by Gasteiger charge is -2.05. The van der Waals surface area contributed by atoms with Gasteiger partial charge in [-0.25, -0.2) is 9.67 Å². The van der Waals surface area contributed by atoms with Crippen LogP contribution in [0.15, 0.2) is 47.8 Å².